The van der Waals surface area contributed by atoms with Crippen LogP contribution in [0, 0.1) is 0 Å². The van der Waals surface area contributed by atoms with Crippen LogP contribution < -0.4 is 4.74 Å². The van der Waals surface area contributed by atoms with E-state index in [1.54, 1.807) is 0 Å². The van der Waals surface area contributed by atoms with Crippen LogP contribution in [0.15, 0.2) is 24.3 Å². The number of thiol groups is 1. The van der Waals surface area contributed by atoms with Gasteiger partial charge in [0.15, 0.2) is 0 Å². The minimum Gasteiger partial charge on any atom is -0.491 e. The molecule has 0 bridgehead atoms. The monoisotopic (exact) mass is 240 g/mol. The Labute approximate surface area is 101 Å². The van der Waals surface area contributed by atoms with Crippen molar-refractivity contribution >= 4 is 18.6 Å². The second-order valence-electron chi connectivity index (χ2n) is 3.87. The first-order chi connectivity index (χ1) is 7.49. The maximum Gasteiger partial charge on any atom is 0.316 e. The molecule has 0 fully saturated rings. The number of ether oxygens (including phenoxy) is 1. The first-order valence-corrected chi connectivity index (χ1v) is 5.67. The molecule has 0 spiro atoms. The maximum absolute atomic E-state index is 10.7. The Morgan fingerprint density at radius 2 is 2.19 bits per heavy atom. The highest BCUT2D eigenvalue weighted by atomic mass is 32.1. The molecule has 4 heteroatoms. The topological polar surface area (TPSA) is 46.5 Å². The second-order valence-corrected chi connectivity index (χ2v) is 4.50. The summed E-state index contributed by atoms with van der Waals surface area (Å²) in [4.78, 5) is 10.7. The number of hydrogen-bond donors (Lipinski definition) is 2. The average molecular weight is 240 g/mol. The molecule has 0 aliphatic carbocycles. The normalized spacial score (nSPS) is 12.5. The van der Waals surface area contributed by atoms with Crippen LogP contribution in [0.5, 0.6) is 5.75 Å². The predicted molar refractivity (Wildman–Crippen MR) is 66.3 cm³/mol. The van der Waals surface area contributed by atoms with Crippen molar-refractivity contribution < 1.29 is 14.6 Å². The third-order valence-corrected chi connectivity index (χ3v) is 2.39. The Hall–Kier alpha value is -1.16. The number of carboxylic acid groups (broad SMARTS) is 1. The summed E-state index contributed by atoms with van der Waals surface area (Å²) in [5.74, 6) is -0.142. The van der Waals surface area contributed by atoms with Crippen molar-refractivity contribution in [2.75, 3.05) is 0 Å². The van der Waals surface area contributed by atoms with Gasteiger partial charge < -0.3 is 9.84 Å². The summed E-state index contributed by atoms with van der Waals surface area (Å²) >= 11 is 4.00. The Morgan fingerprint density at radius 3 is 2.75 bits per heavy atom. The van der Waals surface area contributed by atoms with Gasteiger partial charge >= 0.3 is 5.97 Å². The molecule has 0 radical (unpaired) electrons. The molecule has 1 rings (SSSR count). The second kappa shape index (κ2) is 5.80. The molecule has 1 aromatic carbocycles. The highest BCUT2D eigenvalue weighted by Crippen LogP contribution is 2.17. The van der Waals surface area contributed by atoms with Crippen molar-refractivity contribution in [2.45, 2.75) is 31.6 Å². The van der Waals surface area contributed by atoms with Crippen molar-refractivity contribution in [2.24, 2.45) is 0 Å². The van der Waals surface area contributed by atoms with Crippen LogP contribution in [0.3, 0.4) is 0 Å². The van der Waals surface area contributed by atoms with Crippen molar-refractivity contribution in [3.63, 3.8) is 0 Å². The molecule has 1 aromatic rings. The van der Waals surface area contributed by atoms with Gasteiger partial charge in [-0.2, -0.15) is 12.6 Å². The van der Waals surface area contributed by atoms with Crippen molar-refractivity contribution in [3.8, 4) is 5.75 Å². The average Bonchev–Trinajstić information content (AvgIpc) is 2.16. The van der Waals surface area contributed by atoms with E-state index >= 15 is 0 Å². The molecule has 16 heavy (non-hydrogen) atoms. The van der Waals surface area contributed by atoms with E-state index in [1.807, 2.05) is 38.1 Å². The van der Waals surface area contributed by atoms with Gasteiger partial charge in [0, 0.05) is 0 Å². The van der Waals surface area contributed by atoms with Gasteiger partial charge in [0.1, 0.15) is 11.0 Å². The summed E-state index contributed by atoms with van der Waals surface area (Å²) in [5, 5.41) is 8.08. The van der Waals surface area contributed by atoms with Gasteiger partial charge in [0.2, 0.25) is 0 Å². The van der Waals surface area contributed by atoms with E-state index in [0.717, 1.165) is 11.3 Å². The highest BCUT2D eigenvalue weighted by Gasteiger charge is 2.12. The van der Waals surface area contributed by atoms with Gasteiger partial charge in [-0.1, -0.05) is 12.1 Å². The van der Waals surface area contributed by atoms with E-state index in [-0.39, 0.29) is 6.10 Å². The molecule has 0 heterocycles. The van der Waals surface area contributed by atoms with Crippen LogP contribution in [0.1, 0.15) is 19.4 Å². The third kappa shape index (κ3) is 4.14. The molecule has 0 saturated heterocycles. The fourth-order valence-electron chi connectivity index (χ4n) is 1.33. The lowest BCUT2D eigenvalue weighted by Gasteiger charge is -2.11. The Kier molecular flexibility index (Phi) is 4.68. The molecule has 0 aromatic heterocycles. The van der Waals surface area contributed by atoms with E-state index in [1.165, 1.54) is 0 Å². The van der Waals surface area contributed by atoms with E-state index < -0.39 is 11.2 Å². The number of hydrogen-bond acceptors (Lipinski definition) is 3. The fourth-order valence-corrected chi connectivity index (χ4v) is 1.54. The van der Waals surface area contributed by atoms with Crippen molar-refractivity contribution in [3.05, 3.63) is 29.8 Å². The molecule has 0 aliphatic rings. The Balaban J connectivity index is 2.70. The molecule has 1 atom stereocenters. The molecule has 1 unspecified atom stereocenters. The van der Waals surface area contributed by atoms with Gasteiger partial charge in [-0.05, 0) is 38.0 Å². The van der Waals surface area contributed by atoms with Crippen LogP contribution >= 0.6 is 12.6 Å². The zero-order valence-corrected chi connectivity index (χ0v) is 10.3. The number of carbonyl (C=O) groups is 1. The number of aliphatic carboxylic acids is 1. The number of rotatable bonds is 5. The van der Waals surface area contributed by atoms with E-state index in [9.17, 15) is 4.79 Å². The van der Waals surface area contributed by atoms with Crippen molar-refractivity contribution in [1.29, 1.82) is 0 Å². The zero-order chi connectivity index (χ0) is 12.1. The molecular weight excluding hydrogens is 224 g/mol. The SMILES string of the molecule is CC(C)Oc1cccc(CC(S)C(=O)O)c1. The third-order valence-electron chi connectivity index (χ3n) is 1.98. The lowest BCUT2D eigenvalue weighted by Crippen LogP contribution is -2.16. The minimum atomic E-state index is -0.904. The van der Waals surface area contributed by atoms with Crippen LogP contribution in [0.4, 0.5) is 0 Å². The van der Waals surface area contributed by atoms with Crippen LogP contribution in [0.2, 0.25) is 0 Å². The predicted octanol–water partition coefficient (Wildman–Crippen LogP) is 2.40. The standard InChI is InChI=1S/C12H16O3S/c1-8(2)15-10-5-3-4-9(6-10)7-11(16)12(13)14/h3-6,8,11,16H,7H2,1-2H3,(H,13,14). The largest absolute Gasteiger partial charge is 0.491 e. The summed E-state index contributed by atoms with van der Waals surface area (Å²) in [5.41, 5.74) is 0.917. The molecule has 0 saturated carbocycles. The smallest absolute Gasteiger partial charge is 0.316 e. The molecular formula is C12H16O3S. The molecule has 3 nitrogen and oxygen atoms in total. The summed E-state index contributed by atoms with van der Waals surface area (Å²) in [7, 11) is 0. The Morgan fingerprint density at radius 1 is 1.50 bits per heavy atom. The number of benzene rings is 1. The molecule has 0 aliphatic heterocycles. The maximum atomic E-state index is 10.7. The molecule has 0 amide bonds. The lowest BCUT2D eigenvalue weighted by atomic mass is 10.1. The zero-order valence-electron chi connectivity index (χ0n) is 9.38. The van der Waals surface area contributed by atoms with Gasteiger partial charge in [-0.25, -0.2) is 0 Å². The van der Waals surface area contributed by atoms with Crippen LogP contribution in [0.25, 0.3) is 0 Å². The lowest BCUT2D eigenvalue weighted by molar-refractivity contribution is -0.136. The van der Waals surface area contributed by atoms with Crippen LogP contribution in [-0.4, -0.2) is 22.4 Å². The van der Waals surface area contributed by atoms with Crippen molar-refractivity contribution in [1.82, 2.24) is 0 Å². The molecule has 1 N–H and O–H groups in total. The Bertz CT molecular complexity index is 363. The fraction of sp³-hybridized carbons (Fsp3) is 0.417. The summed E-state index contributed by atoms with van der Waals surface area (Å²) in [6, 6.07) is 7.44. The number of carboxylic acids is 1. The van der Waals surface area contributed by atoms with Gasteiger partial charge in [-0.15, -0.1) is 0 Å². The van der Waals surface area contributed by atoms with E-state index in [2.05, 4.69) is 12.6 Å². The van der Waals surface area contributed by atoms with E-state index in [0.29, 0.717) is 6.42 Å². The van der Waals surface area contributed by atoms with Gasteiger partial charge in [0.05, 0.1) is 6.10 Å². The summed E-state index contributed by atoms with van der Waals surface area (Å²) < 4.78 is 5.52. The van der Waals surface area contributed by atoms with Gasteiger partial charge in [-0.3, -0.25) is 4.79 Å². The van der Waals surface area contributed by atoms with E-state index in [4.69, 9.17) is 9.84 Å². The minimum absolute atomic E-state index is 0.113. The molecule has 88 valence electrons. The summed E-state index contributed by atoms with van der Waals surface area (Å²) in [6.07, 6.45) is 0.509. The first-order valence-electron chi connectivity index (χ1n) is 5.15. The van der Waals surface area contributed by atoms with Crippen LogP contribution in [-0.2, 0) is 11.2 Å². The first kappa shape index (κ1) is 12.9. The summed E-state index contributed by atoms with van der Waals surface area (Å²) in [6.45, 7) is 3.90. The quantitative estimate of drug-likeness (QED) is 0.777. The van der Waals surface area contributed by atoms with Gasteiger partial charge in [0.25, 0.3) is 0 Å². The highest BCUT2D eigenvalue weighted by molar-refractivity contribution is 7.81.